The van der Waals surface area contributed by atoms with Crippen molar-refractivity contribution in [2.24, 2.45) is 0 Å². The van der Waals surface area contributed by atoms with Crippen LogP contribution in [-0.4, -0.2) is 18.4 Å². The summed E-state index contributed by atoms with van der Waals surface area (Å²) in [6.07, 6.45) is 1.13. The van der Waals surface area contributed by atoms with Crippen molar-refractivity contribution in [2.45, 2.75) is 13.3 Å². The molecule has 0 N–H and O–H groups in total. The van der Waals surface area contributed by atoms with Gasteiger partial charge in [-0.1, -0.05) is 18.2 Å². The summed E-state index contributed by atoms with van der Waals surface area (Å²) in [7, 11) is 0. The molecule has 0 amide bonds. The lowest BCUT2D eigenvalue weighted by Crippen LogP contribution is -2.10. The molecule has 0 aliphatic carbocycles. The second-order valence-electron chi connectivity index (χ2n) is 3.55. The fraction of sp³-hybridized carbons (Fsp3) is 0.231. The molecule has 2 aromatic rings. The molecule has 4 heteroatoms. The number of ketones is 1. The number of furan rings is 1. The smallest absolute Gasteiger partial charge is 0.313 e. The predicted octanol–water partition coefficient (Wildman–Crippen LogP) is 2.57. The van der Waals surface area contributed by atoms with E-state index in [9.17, 15) is 9.59 Å². The van der Waals surface area contributed by atoms with Crippen LogP contribution in [0.2, 0.25) is 0 Å². The molecule has 0 aliphatic rings. The summed E-state index contributed by atoms with van der Waals surface area (Å²) in [6, 6.07) is 7.21. The third-order valence-electron chi connectivity index (χ3n) is 2.39. The third-order valence-corrected chi connectivity index (χ3v) is 2.39. The summed E-state index contributed by atoms with van der Waals surface area (Å²) in [5.41, 5.74) is 1.06. The highest BCUT2D eigenvalue weighted by Crippen LogP contribution is 2.21. The van der Waals surface area contributed by atoms with Gasteiger partial charge >= 0.3 is 5.97 Å². The lowest BCUT2D eigenvalue weighted by Gasteiger charge is -1.99. The largest absolute Gasteiger partial charge is 0.466 e. The van der Waals surface area contributed by atoms with E-state index in [2.05, 4.69) is 0 Å². The Morgan fingerprint density at radius 1 is 1.29 bits per heavy atom. The van der Waals surface area contributed by atoms with Crippen LogP contribution in [-0.2, 0) is 9.53 Å². The zero-order valence-electron chi connectivity index (χ0n) is 9.43. The van der Waals surface area contributed by atoms with E-state index in [4.69, 9.17) is 9.15 Å². The Kier molecular flexibility index (Phi) is 3.23. The van der Waals surface area contributed by atoms with Crippen LogP contribution in [0.25, 0.3) is 11.0 Å². The second kappa shape index (κ2) is 4.82. The van der Waals surface area contributed by atoms with Crippen molar-refractivity contribution in [1.29, 1.82) is 0 Å². The molecule has 2 rings (SSSR count). The van der Waals surface area contributed by atoms with E-state index in [0.717, 1.165) is 5.39 Å². The molecule has 0 saturated heterocycles. The summed E-state index contributed by atoms with van der Waals surface area (Å²) in [5, 5.41) is 0.724. The van der Waals surface area contributed by atoms with Crippen LogP contribution in [0.5, 0.6) is 0 Å². The van der Waals surface area contributed by atoms with Gasteiger partial charge in [-0.15, -0.1) is 0 Å². The lowest BCUT2D eigenvalue weighted by atomic mass is 10.1. The van der Waals surface area contributed by atoms with Gasteiger partial charge < -0.3 is 9.15 Å². The Balaban J connectivity index is 2.22. The zero-order valence-corrected chi connectivity index (χ0v) is 9.43. The van der Waals surface area contributed by atoms with Gasteiger partial charge in [0, 0.05) is 5.39 Å². The Morgan fingerprint density at radius 3 is 2.82 bits per heavy atom. The highest BCUT2D eigenvalue weighted by Gasteiger charge is 2.17. The van der Waals surface area contributed by atoms with Crippen LogP contribution in [0.15, 0.2) is 34.9 Å². The molecule has 1 aromatic heterocycles. The maximum atomic E-state index is 11.8. The minimum Gasteiger partial charge on any atom is -0.466 e. The van der Waals surface area contributed by atoms with Crippen LogP contribution in [0.3, 0.4) is 0 Å². The molecule has 0 aliphatic heterocycles. The van der Waals surface area contributed by atoms with E-state index in [1.165, 1.54) is 6.26 Å². The van der Waals surface area contributed by atoms with Crippen LogP contribution in [0.1, 0.15) is 23.7 Å². The molecule has 1 heterocycles. The van der Waals surface area contributed by atoms with E-state index in [1.807, 2.05) is 12.1 Å². The van der Waals surface area contributed by atoms with Gasteiger partial charge in [0.25, 0.3) is 0 Å². The molecule has 0 bridgehead atoms. The number of benzene rings is 1. The number of Topliss-reactive ketones (excluding diaryl/α,β-unsaturated/α-hetero) is 1. The van der Waals surface area contributed by atoms with Gasteiger partial charge in [-0.25, -0.2) is 0 Å². The Bertz CT molecular complexity index is 553. The molecule has 88 valence electrons. The number of para-hydroxylation sites is 1. The van der Waals surface area contributed by atoms with Crippen LogP contribution >= 0.6 is 0 Å². The Hall–Kier alpha value is -2.10. The second-order valence-corrected chi connectivity index (χ2v) is 3.55. The summed E-state index contributed by atoms with van der Waals surface area (Å²) in [6.45, 7) is 1.98. The van der Waals surface area contributed by atoms with E-state index in [0.29, 0.717) is 11.1 Å². The molecular weight excluding hydrogens is 220 g/mol. The van der Waals surface area contributed by atoms with Gasteiger partial charge in [0.2, 0.25) is 0 Å². The predicted molar refractivity (Wildman–Crippen MR) is 61.8 cm³/mol. The first kappa shape index (κ1) is 11.4. The summed E-state index contributed by atoms with van der Waals surface area (Å²) in [5.74, 6) is -0.795. The molecule has 0 radical (unpaired) electrons. The number of esters is 1. The first-order valence-corrected chi connectivity index (χ1v) is 5.37. The van der Waals surface area contributed by atoms with Crippen LogP contribution in [0, 0.1) is 0 Å². The Morgan fingerprint density at radius 2 is 2.06 bits per heavy atom. The molecule has 4 nitrogen and oxygen atoms in total. The van der Waals surface area contributed by atoms with Gasteiger partial charge in [0.1, 0.15) is 18.3 Å². The third kappa shape index (κ3) is 2.36. The molecule has 0 saturated carbocycles. The van der Waals surface area contributed by atoms with Crippen molar-refractivity contribution in [3.63, 3.8) is 0 Å². The average molecular weight is 232 g/mol. The maximum absolute atomic E-state index is 11.8. The zero-order chi connectivity index (χ0) is 12.3. The highest BCUT2D eigenvalue weighted by atomic mass is 16.5. The molecule has 0 atom stereocenters. The molecule has 17 heavy (non-hydrogen) atoms. The molecular formula is C13H12O4. The fourth-order valence-corrected chi connectivity index (χ4v) is 1.63. The SMILES string of the molecule is CCOC(=O)CC(=O)c1coc2ccccc12. The molecule has 0 fully saturated rings. The number of ether oxygens (including phenoxy) is 1. The van der Waals surface area contributed by atoms with Crippen molar-refractivity contribution >= 4 is 22.7 Å². The van der Waals surface area contributed by atoms with Crippen molar-refractivity contribution in [1.82, 2.24) is 0 Å². The quantitative estimate of drug-likeness (QED) is 0.462. The van der Waals surface area contributed by atoms with E-state index in [1.54, 1.807) is 19.1 Å². The lowest BCUT2D eigenvalue weighted by molar-refractivity contribution is -0.141. The van der Waals surface area contributed by atoms with Crippen molar-refractivity contribution in [3.8, 4) is 0 Å². The monoisotopic (exact) mass is 232 g/mol. The van der Waals surface area contributed by atoms with Crippen LogP contribution in [0.4, 0.5) is 0 Å². The molecule has 1 aromatic carbocycles. The number of rotatable bonds is 4. The first-order chi connectivity index (χ1) is 8.22. The average Bonchev–Trinajstić information content (AvgIpc) is 2.72. The molecule has 0 spiro atoms. The Labute approximate surface area is 98.2 Å². The topological polar surface area (TPSA) is 56.5 Å². The van der Waals surface area contributed by atoms with E-state index in [-0.39, 0.29) is 18.8 Å². The van der Waals surface area contributed by atoms with Gasteiger partial charge in [-0.05, 0) is 13.0 Å². The van der Waals surface area contributed by atoms with Crippen molar-refractivity contribution < 1.29 is 18.7 Å². The number of fused-ring (bicyclic) bond motifs is 1. The summed E-state index contributed by atoms with van der Waals surface area (Å²) >= 11 is 0. The van der Waals surface area contributed by atoms with Gasteiger partial charge in [0.15, 0.2) is 5.78 Å². The normalized spacial score (nSPS) is 10.4. The van der Waals surface area contributed by atoms with Crippen LogP contribution < -0.4 is 0 Å². The van der Waals surface area contributed by atoms with Crippen molar-refractivity contribution in [2.75, 3.05) is 6.61 Å². The van der Waals surface area contributed by atoms with Gasteiger partial charge in [-0.2, -0.15) is 0 Å². The van der Waals surface area contributed by atoms with Gasteiger partial charge in [-0.3, -0.25) is 9.59 Å². The maximum Gasteiger partial charge on any atom is 0.313 e. The standard InChI is InChI=1S/C13H12O4/c1-2-16-13(15)7-11(14)10-8-17-12-6-4-3-5-9(10)12/h3-6,8H,2,7H2,1H3. The minimum absolute atomic E-state index is 0.253. The number of hydrogen-bond donors (Lipinski definition) is 0. The number of carbonyl (C=O) groups excluding carboxylic acids is 2. The number of hydrogen-bond acceptors (Lipinski definition) is 4. The van der Waals surface area contributed by atoms with E-state index < -0.39 is 5.97 Å². The minimum atomic E-state index is -0.511. The van der Waals surface area contributed by atoms with E-state index >= 15 is 0 Å². The first-order valence-electron chi connectivity index (χ1n) is 5.37. The summed E-state index contributed by atoms with van der Waals surface area (Å²) < 4.78 is 9.97. The number of carbonyl (C=O) groups is 2. The van der Waals surface area contributed by atoms with Crippen molar-refractivity contribution in [3.05, 3.63) is 36.1 Å². The molecule has 0 unspecified atom stereocenters. The van der Waals surface area contributed by atoms with Gasteiger partial charge in [0.05, 0.1) is 12.2 Å². The fourth-order valence-electron chi connectivity index (χ4n) is 1.63. The highest BCUT2D eigenvalue weighted by molar-refractivity contribution is 6.12. The summed E-state index contributed by atoms with van der Waals surface area (Å²) in [4.78, 5) is 23.1.